The fourth-order valence-corrected chi connectivity index (χ4v) is 3.15. The Morgan fingerprint density at radius 1 is 1.05 bits per heavy atom. The molecule has 1 heterocycles. The highest BCUT2D eigenvalue weighted by molar-refractivity contribution is 7.09. The lowest BCUT2D eigenvalue weighted by Crippen LogP contribution is -2.13. The van der Waals surface area contributed by atoms with E-state index in [0.717, 1.165) is 33.3 Å². The highest BCUT2D eigenvalue weighted by Crippen LogP contribution is 2.25. The van der Waals surface area contributed by atoms with Crippen LogP contribution in [0.4, 0.5) is 0 Å². The monoisotopic (exact) mass is 314 g/mol. The lowest BCUT2D eigenvalue weighted by molar-refractivity contribution is 0.718. The van der Waals surface area contributed by atoms with Crippen molar-refractivity contribution >= 4 is 22.9 Å². The molecule has 0 aliphatic rings. The highest BCUT2D eigenvalue weighted by Gasteiger charge is 2.11. The molecule has 4 heteroatoms. The maximum absolute atomic E-state index is 6.25. The van der Waals surface area contributed by atoms with Crippen molar-refractivity contribution < 1.29 is 0 Å². The molecular weight excluding hydrogens is 300 g/mol. The number of benzene rings is 2. The van der Waals surface area contributed by atoms with Crippen LogP contribution in [0.25, 0.3) is 11.3 Å². The number of hydrogen-bond donors (Lipinski definition) is 1. The summed E-state index contributed by atoms with van der Waals surface area (Å²) in [5.41, 5.74) is 9.48. The molecule has 0 bridgehead atoms. The zero-order chi connectivity index (χ0) is 14.7. The van der Waals surface area contributed by atoms with E-state index in [-0.39, 0.29) is 6.04 Å². The smallest absolute Gasteiger partial charge is 0.0951 e. The van der Waals surface area contributed by atoms with Crippen molar-refractivity contribution in [3.63, 3.8) is 0 Å². The van der Waals surface area contributed by atoms with Gasteiger partial charge in [0.15, 0.2) is 0 Å². The number of thiazole rings is 1. The van der Waals surface area contributed by atoms with Crippen molar-refractivity contribution in [2.45, 2.75) is 12.5 Å². The predicted octanol–water partition coefficient (Wildman–Crippen LogP) is 4.71. The molecule has 0 radical (unpaired) electrons. The summed E-state index contributed by atoms with van der Waals surface area (Å²) in [5.74, 6) is 0. The van der Waals surface area contributed by atoms with E-state index in [1.807, 2.05) is 42.5 Å². The van der Waals surface area contributed by atoms with Crippen molar-refractivity contribution in [3.8, 4) is 11.3 Å². The van der Waals surface area contributed by atoms with Crippen LogP contribution in [0.3, 0.4) is 0 Å². The molecule has 1 aromatic heterocycles. The van der Waals surface area contributed by atoms with Crippen LogP contribution in [0, 0.1) is 0 Å². The van der Waals surface area contributed by atoms with E-state index < -0.39 is 0 Å². The number of nitrogens with zero attached hydrogens (tertiary/aromatic N) is 1. The van der Waals surface area contributed by atoms with Crippen molar-refractivity contribution in [3.05, 3.63) is 75.6 Å². The third kappa shape index (κ3) is 3.50. The lowest BCUT2D eigenvalue weighted by Gasteiger charge is -2.10. The topological polar surface area (TPSA) is 38.9 Å². The second-order valence-corrected chi connectivity index (χ2v) is 6.23. The summed E-state index contributed by atoms with van der Waals surface area (Å²) < 4.78 is 0. The van der Waals surface area contributed by atoms with Gasteiger partial charge in [0.05, 0.1) is 10.7 Å². The minimum absolute atomic E-state index is 0.0583. The molecule has 0 saturated carbocycles. The van der Waals surface area contributed by atoms with Gasteiger partial charge in [-0.05, 0) is 17.7 Å². The molecule has 106 valence electrons. The number of aromatic nitrogens is 1. The summed E-state index contributed by atoms with van der Waals surface area (Å²) in [4.78, 5) is 4.68. The number of halogens is 1. The van der Waals surface area contributed by atoms with E-state index in [1.165, 1.54) is 0 Å². The van der Waals surface area contributed by atoms with Crippen LogP contribution in [0.1, 0.15) is 16.6 Å². The Kier molecular flexibility index (Phi) is 4.34. The van der Waals surface area contributed by atoms with Gasteiger partial charge in [-0.2, -0.15) is 0 Å². The van der Waals surface area contributed by atoms with Crippen molar-refractivity contribution in [1.82, 2.24) is 4.98 Å². The van der Waals surface area contributed by atoms with Crippen molar-refractivity contribution in [1.29, 1.82) is 0 Å². The Balaban J connectivity index is 1.74. The van der Waals surface area contributed by atoms with Gasteiger partial charge in [-0.25, -0.2) is 4.98 Å². The summed E-state index contributed by atoms with van der Waals surface area (Å²) in [6.07, 6.45) is 0.735. The van der Waals surface area contributed by atoms with Gasteiger partial charge < -0.3 is 5.73 Å². The van der Waals surface area contributed by atoms with Gasteiger partial charge >= 0.3 is 0 Å². The quantitative estimate of drug-likeness (QED) is 0.757. The first-order chi connectivity index (χ1) is 10.2. The van der Waals surface area contributed by atoms with Gasteiger partial charge in [0.1, 0.15) is 0 Å². The molecule has 0 fully saturated rings. The van der Waals surface area contributed by atoms with E-state index in [9.17, 15) is 0 Å². The molecule has 0 spiro atoms. The van der Waals surface area contributed by atoms with Gasteiger partial charge in [-0.1, -0.05) is 54.1 Å². The third-order valence-corrected chi connectivity index (χ3v) is 4.44. The molecule has 2 nitrogen and oxygen atoms in total. The normalized spacial score (nSPS) is 12.3. The average molecular weight is 315 g/mol. The van der Waals surface area contributed by atoms with E-state index in [4.69, 9.17) is 17.3 Å². The molecule has 0 aliphatic carbocycles. The summed E-state index contributed by atoms with van der Waals surface area (Å²) in [7, 11) is 0. The number of hydrogen-bond acceptors (Lipinski definition) is 3. The number of rotatable bonds is 4. The molecule has 21 heavy (non-hydrogen) atoms. The minimum Gasteiger partial charge on any atom is -0.324 e. The SMILES string of the molecule is NC(Cc1nc(-c2ccccc2)cs1)c1ccc(Cl)cc1. The van der Waals surface area contributed by atoms with Gasteiger partial charge in [-0.3, -0.25) is 0 Å². The molecule has 3 aromatic rings. The fourth-order valence-electron chi connectivity index (χ4n) is 2.16. The molecule has 0 amide bonds. The molecule has 2 N–H and O–H groups in total. The Morgan fingerprint density at radius 2 is 1.76 bits per heavy atom. The van der Waals surface area contributed by atoms with Gasteiger partial charge in [0, 0.05) is 28.4 Å². The second-order valence-electron chi connectivity index (χ2n) is 4.85. The first kappa shape index (κ1) is 14.3. The Labute approximate surface area is 133 Å². The standard InChI is InChI=1S/C17H15ClN2S/c18-14-8-6-12(7-9-14)15(19)10-17-20-16(11-21-17)13-4-2-1-3-5-13/h1-9,11,15H,10,19H2. The fraction of sp³-hybridized carbons (Fsp3) is 0.118. The maximum Gasteiger partial charge on any atom is 0.0951 e. The van der Waals surface area contributed by atoms with Crippen LogP contribution in [-0.4, -0.2) is 4.98 Å². The minimum atomic E-state index is -0.0583. The van der Waals surface area contributed by atoms with Crippen LogP contribution >= 0.6 is 22.9 Å². The van der Waals surface area contributed by atoms with E-state index in [0.29, 0.717) is 0 Å². The Bertz CT molecular complexity index is 707. The van der Waals surface area contributed by atoms with Crippen molar-refractivity contribution in [2.75, 3.05) is 0 Å². The Morgan fingerprint density at radius 3 is 2.48 bits per heavy atom. The summed E-state index contributed by atoms with van der Waals surface area (Å²) in [6, 6.07) is 17.8. The third-order valence-electron chi connectivity index (χ3n) is 3.31. The first-order valence-corrected chi connectivity index (χ1v) is 7.99. The van der Waals surface area contributed by atoms with Gasteiger partial charge in [-0.15, -0.1) is 11.3 Å². The van der Waals surface area contributed by atoms with Crippen LogP contribution in [-0.2, 0) is 6.42 Å². The molecule has 3 rings (SSSR count). The van der Waals surface area contributed by atoms with Crippen molar-refractivity contribution in [2.24, 2.45) is 5.73 Å². The van der Waals surface area contributed by atoms with Crippen LogP contribution in [0.15, 0.2) is 60.0 Å². The predicted molar refractivity (Wildman–Crippen MR) is 89.6 cm³/mol. The molecular formula is C17H15ClN2S. The van der Waals surface area contributed by atoms with E-state index in [1.54, 1.807) is 11.3 Å². The zero-order valence-corrected chi connectivity index (χ0v) is 12.9. The molecule has 1 atom stereocenters. The molecule has 1 unspecified atom stereocenters. The van der Waals surface area contributed by atoms with Crippen LogP contribution in [0.5, 0.6) is 0 Å². The molecule has 2 aromatic carbocycles. The molecule has 0 aliphatic heterocycles. The largest absolute Gasteiger partial charge is 0.324 e. The van der Waals surface area contributed by atoms with Crippen LogP contribution in [0.2, 0.25) is 5.02 Å². The summed E-state index contributed by atoms with van der Waals surface area (Å²) in [5, 5.41) is 3.86. The second kappa shape index (κ2) is 6.39. The van der Waals surface area contributed by atoms with Gasteiger partial charge in [0.2, 0.25) is 0 Å². The molecule has 0 saturated heterocycles. The van der Waals surface area contributed by atoms with Crippen LogP contribution < -0.4 is 5.73 Å². The zero-order valence-electron chi connectivity index (χ0n) is 11.4. The first-order valence-electron chi connectivity index (χ1n) is 6.73. The van der Waals surface area contributed by atoms with Gasteiger partial charge in [0.25, 0.3) is 0 Å². The summed E-state index contributed by atoms with van der Waals surface area (Å²) >= 11 is 7.55. The summed E-state index contributed by atoms with van der Waals surface area (Å²) in [6.45, 7) is 0. The van der Waals surface area contributed by atoms with E-state index >= 15 is 0 Å². The maximum atomic E-state index is 6.25. The number of nitrogens with two attached hydrogens (primary N) is 1. The Hall–Kier alpha value is -1.68. The highest BCUT2D eigenvalue weighted by atomic mass is 35.5. The average Bonchev–Trinajstić information content (AvgIpc) is 2.97. The lowest BCUT2D eigenvalue weighted by atomic mass is 10.1. The van der Waals surface area contributed by atoms with E-state index in [2.05, 4.69) is 22.5 Å².